The average molecular weight is 346 g/mol. The molecule has 0 bridgehead atoms. The minimum atomic E-state index is -0.187. The van der Waals surface area contributed by atoms with Gasteiger partial charge >= 0.3 is 16.5 Å². The zero-order chi connectivity index (χ0) is 16.7. The molecule has 125 valence electrons. The minimum absolute atomic E-state index is 0. The van der Waals surface area contributed by atoms with Crippen LogP contribution in [0.4, 0.5) is 0 Å². The standard InChI is InChI=1S/2C5H8O2.C4H11NO.Ni/c2*1-4(6)3-5(2)7;1-5(2)3-4-6;/h2*3,6H,1-2H3;6H,3-4H2,1-2H3;/q;;;+3/p-2/b2*4-3-;;. The van der Waals surface area contributed by atoms with Crippen molar-refractivity contribution in [2.24, 2.45) is 0 Å². The Morgan fingerprint density at radius 1 is 0.952 bits per heavy atom. The van der Waals surface area contributed by atoms with Crippen LogP contribution in [0.3, 0.4) is 0 Å². The number of rotatable bonds is 4. The van der Waals surface area contributed by atoms with Crippen LogP contribution in [0.5, 0.6) is 0 Å². The number of carbonyl (C=O) groups excluding carboxylic acids is 2. The Hall–Kier alpha value is -1.17. The van der Waals surface area contributed by atoms with E-state index in [9.17, 15) is 19.8 Å². The van der Waals surface area contributed by atoms with Gasteiger partial charge in [0.25, 0.3) is 0 Å². The number of aliphatic hydroxyl groups is 1. The van der Waals surface area contributed by atoms with Crippen LogP contribution in [0.15, 0.2) is 23.7 Å². The molecule has 0 aromatic rings. The van der Waals surface area contributed by atoms with Crippen molar-refractivity contribution in [3.63, 3.8) is 0 Å². The number of aliphatic hydroxyl groups excluding tert-OH is 1. The fourth-order valence-corrected chi connectivity index (χ4v) is 0.772. The SMILES string of the molecule is CC(=O)/C=C(/C)[O-].CC(=O)/C=C(/C)[O-].CN(C)CCO.[Ni+3]. The number of hydrogen-bond acceptors (Lipinski definition) is 6. The molecule has 0 fully saturated rings. The monoisotopic (exact) mass is 345 g/mol. The summed E-state index contributed by atoms with van der Waals surface area (Å²) < 4.78 is 0. The van der Waals surface area contributed by atoms with Crippen LogP contribution in [0.1, 0.15) is 27.7 Å². The van der Waals surface area contributed by atoms with E-state index in [1.165, 1.54) is 27.7 Å². The first-order valence-corrected chi connectivity index (χ1v) is 6.00. The average Bonchev–Trinajstić information content (AvgIpc) is 2.13. The maximum Gasteiger partial charge on any atom is 3.00 e. The normalized spacial score (nSPS) is 10.5. The summed E-state index contributed by atoms with van der Waals surface area (Å²) in [7, 11) is 3.85. The summed E-state index contributed by atoms with van der Waals surface area (Å²) in [5, 5.41) is 28.2. The Morgan fingerprint density at radius 2 is 1.24 bits per heavy atom. The zero-order valence-electron chi connectivity index (χ0n) is 13.4. The molecule has 1 radical (unpaired) electrons. The Balaban J connectivity index is -0.000000101. The van der Waals surface area contributed by atoms with Crippen molar-refractivity contribution >= 4 is 11.6 Å². The Bertz CT molecular complexity index is 302. The predicted octanol–water partition coefficient (Wildman–Crippen LogP) is -0.783. The molecule has 0 aliphatic rings. The molecule has 0 aliphatic carbocycles. The number of likely N-dealkylation sites (N-methyl/N-ethyl adjacent to an activating group) is 1. The van der Waals surface area contributed by atoms with Crippen molar-refractivity contribution < 1.29 is 41.4 Å². The second-order valence-corrected chi connectivity index (χ2v) is 4.26. The Labute approximate surface area is 137 Å². The fourth-order valence-electron chi connectivity index (χ4n) is 0.772. The molecule has 0 rings (SSSR count). The second kappa shape index (κ2) is 18.8. The minimum Gasteiger partial charge on any atom is -0.876 e. The van der Waals surface area contributed by atoms with Gasteiger partial charge in [-0.15, -0.1) is 11.5 Å². The maximum absolute atomic E-state index is 9.98. The summed E-state index contributed by atoms with van der Waals surface area (Å²) in [4.78, 5) is 21.9. The first-order chi connectivity index (χ1) is 9.02. The Morgan fingerprint density at radius 3 is 1.24 bits per heavy atom. The van der Waals surface area contributed by atoms with Gasteiger partial charge in [-0.05, 0) is 40.1 Å². The van der Waals surface area contributed by atoms with Crippen molar-refractivity contribution in [3.05, 3.63) is 23.7 Å². The van der Waals surface area contributed by atoms with Crippen molar-refractivity contribution in [2.45, 2.75) is 27.7 Å². The molecule has 6 nitrogen and oxygen atoms in total. The molecule has 0 spiro atoms. The molecule has 0 atom stereocenters. The molecule has 0 saturated carbocycles. The topological polar surface area (TPSA) is 104 Å². The summed E-state index contributed by atoms with van der Waals surface area (Å²) in [5.41, 5.74) is 0. The van der Waals surface area contributed by atoms with Crippen LogP contribution in [0, 0.1) is 0 Å². The van der Waals surface area contributed by atoms with E-state index in [0.717, 1.165) is 18.7 Å². The van der Waals surface area contributed by atoms with Gasteiger partial charge in [0.05, 0.1) is 6.61 Å². The molecule has 0 aromatic carbocycles. The molecule has 0 aliphatic heterocycles. The van der Waals surface area contributed by atoms with E-state index in [1.807, 2.05) is 19.0 Å². The summed E-state index contributed by atoms with van der Waals surface area (Å²) in [6, 6.07) is 0. The van der Waals surface area contributed by atoms with Gasteiger partial charge in [0.15, 0.2) is 11.6 Å². The summed E-state index contributed by atoms with van der Waals surface area (Å²) in [6.45, 7) is 6.42. The quantitative estimate of drug-likeness (QED) is 0.407. The molecule has 0 aromatic heterocycles. The van der Waals surface area contributed by atoms with E-state index in [2.05, 4.69) is 0 Å². The number of carbonyl (C=O) groups is 2. The fraction of sp³-hybridized carbons (Fsp3) is 0.571. The number of hydrogen-bond donors (Lipinski definition) is 1. The van der Waals surface area contributed by atoms with Crippen molar-refractivity contribution in [3.8, 4) is 0 Å². The number of ketones is 2. The van der Waals surface area contributed by atoms with Gasteiger partial charge in [-0.3, -0.25) is 9.59 Å². The van der Waals surface area contributed by atoms with Crippen LogP contribution < -0.4 is 10.2 Å². The molecule has 0 amide bonds. The molecule has 0 heterocycles. The first-order valence-electron chi connectivity index (χ1n) is 6.00. The maximum atomic E-state index is 9.98. The van der Waals surface area contributed by atoms with Gasteiger partial charge < -0.3 is 20.2 Å². The van der Waals surface area contributed by atoms with E-state index in [-0.39, 0.29) is 46.2 Å². The van der Waals surface area contributed by atoms with Crippen LogP contribution in [0.25, 0.3) is 0 Å². The van der Waals surface area contributed by atoms with Gasteiger partial charge in [-0.1, -0.05) is 13.8 Å². The molecule has 21 heavy (non-hydrogen) atoms. The van der Waals surface area contributed by atoms with Gasteiger partial charge in [0, 0.05) is 6.54 Å². The predicted molar refractivity (Wildman–Crippen MR) is 74.5 cm³/mol. The summed E-state index contributed by atoms with van der Waals surface area (Å²) in [6.07, 6.45) is 2.11. The van der Waals surface area contributed by atoms with E-state index in [0.29, 0.717) is 0 Å². The third-order valence-corrected chi connectivity index (χ3v) is 1.36. The van der Waals surface area contributed by atoms with Gasteiger partial charge in [0.1, 0.15) is 0 Å². The molecular formula is C14H25NNiO5+. The first kappa shape index (κ1) is 28.1. The molecule has 1 N–H and O–H groups in total. The smallest absolute Gasteiger partial charge is 0.876 e. The van der Waals surface area contributed by atoms with Crippen LogP contribution in [0.2, 0.25) is 0 Å². The van der Waals surface area contributed by atoms with Gasteiger partial charge in [-0.25, -0.2) is 0 Å². The van der Waals surface area contributed by atoms with Gasteiger partial charge in [0.2, 0.25) is 0 Å². The zero-order valence-corrected chi connectivity index (χ0v) is 14.4. The molecular weight excluding hydrogens is 321 g/mol. The van der Waals surface area contributed by atoms with E-state index in [4.69, 9.17) is 5.11 Å². The third kappa shape index (κ3) is 55.2. The van der Waals surface area contributed by atoms with Crippen LogP contribution in [-0.2, 0) is 26.1 Å². The number of allylic oxidation sites excluding steroid dienone is 4. The van der Waals surface area contributed by atoms with Crippen LogP contribution >= 0.6 is 0 Å². The van der Waals surface area contributed by atoms with Crippen molar-refractivity contribution in [2.75, 3.05) is 27.2 Å². The van der Waals surface area contributed by atoms with Crippen LogP contribution in [-0.4, -0.2) is 48.8 Å². The number of nitrogens with zero attached hydrogens (tertiary/aromatic N) is 1. The Kier molecular flexibility index (Phi) is 25.2. The van der Waals surface area contributed by atoms with E-state index in [1.54, 1.807) is 0 Å². The van der Waals surface area contributed by atoms with E-state index < -0.39 is 0 Å². The van der Waals surface area contributed by atoms with Crippen molar-refractivity contribution in [1.82, 2.24) is 4.90 Å². The molecule has 0 saturated heterocycles. The summed E-state index contributed by atoms with van der Waals surface area (Å²) in [5.74, 6) is -0.750. The third-order valence-electron chi connectivity index (χ3n) is 1.36. The van der Waals surface area contributed by atoms with Crippen molar-refractivity contribution in [1.29, 1.82) is 0 Å². The largest absolute Gasteiger partial charge is 3.00 e. The molecule has 0 unspecified atom stereocenters. The molecule has 7 heteroatoms. The second-order valence-electron chi connectivity index (χ2n) is 4.26. The van der Waals surface area contributed by atoms with E-state index >= 15 is 0 Å². The summed E-state index contributed by atoms with van der Waals surface area (Å²) >= 11 is 0. The van der Waals surface area contributed by atoms with Gasteiger partial charge in [-0.2, -0.15) is 0 Å².